The number of nitrogens with zero attached hydrogens (tertiary/aromatic N) is 1. The second-order valence-electron chi connectivity index (χ2n) is 6.40. The molecule has 0 bridgehead atoms. The molecule has 3 aromatic rings. The third-order valence-electron chi connectivity index (χ3n) is 4.50. The second-order valence-corrected chi connectivity index (χ2v) is 6.40. The summed E-state index contributed by atoms with van der Waals surface area (Å²) in [5.41, 5.74) is 3.47. The van der Waals surface area contributed by atoms with Gasteiger partial charge in [0.1, 0.15) is 0 Å². The van der Waals surface area contributed by atoms with Crippen molar-refractivity contribution in [1.29, 1.82) is 0 Å². The number of phenols is 1. The molecule has 1 N–H and O–H groups in total. The van der Waals surface area contributed by atoms with E-state index in [0.717, 1.165) is 25.1 Å². The summed E-state index contributed by atoms with van der Waals surface area (Å²) >= 11 is 0. The molecule has 0 aromatic heterocycles. The van der Waals surface area contributed by atoms with E-state index in [2.05, 4.69) is 53.4 Å². The van der Waals surface area contributed by atoms with Crippen LogP contribution in [0.4, 0.5) is 0 Å². The smallest absolute Gasteiger partial charge is 0.162 e. The van der Waals surface area contributed by atoms with E-state index in [0.29, 0.717) is 12.3 Å². The van der Waals surface area contributed by atoms with Gasteiger partial charge in [0.2, 0.25) is 0 Å². The molecule has 0 heterocycles. The Bertz CT molecular complexity index is 803. The molecule has 3 aromatic carbocycles. The van der Waals surface area contributed by atoms with E-state index < -0.39 is 0 Å². The average molecular weight is 347 g/mol. The molecule has 0 spiro atoms. The van der Waals surface area contributed by atoms with Crippen molar-refractivity contribution in [1.82, 2.24) is 4.90 Å². The van der Waals surface area contributed by atoms with Gasteiger partial charge in [-0.1, -0.05) is 72.8 Å². The number of phenolic OH excluding ortho intramolecular Hbond substituents is 1. The molecular weight excluding hydrogens is 322 g/mol. The van der Waals surface area contributed by atoms with Crippen LogP contribution < -0.4 is 4.74 Å². The molecule has 0 amide bonds. The molecule has 0 atom stereocenters. The van der Waals surface area contributed by atoms with Gasteiger partial charge in [-0.25, -0.2) is 0 Å². The SMILES string of the molecule is COc1cccc(CN(CCc2ccccc2)Cc2ccccc2)c1O. The third-order valence-corrected chi connectivity index (χ3v) is 4.50. The van der Waals surface area contributed by atoms with Gasteiger partial charge in [0, 0.05) is 25.2 Å². The normalized spacial score (nSPS) is 10.8. The summed E-state index contributed by atoms with van der Waals surface area (Å²) in [7, 11) is 1.58. The zero-order chi connectivity index (χ0) is 18.2. The molecule has 0 unspecified atom stereocenters. The first-order valence-corrected chi connectivity index (χ1v) is 8.91. The summed E-state index contributed by atoms with van der Waals surface area (Å²) in [6, 6.07) is 26.6. The summed E-state index contributed by atoms with van der Waals surface area (Å²) < 4.78 is 5.25. The molecule has 3 nitrogen and oxygen atoms in total. The Kier molecular flexibility index (Phi) is 6.29. The lowest BCUT2D eigenvalue weighted by molar-refractivity contribution is 0.255. The van der Waals surface area contributed by atoms with Crippen LogP contribution in [0.1, 0.15) is 16.7 Å². The highest BCUT2D eigenvalue weighted by Crippen LogP contribution is 2.30. The topological polar surface area (TPSA) is 32.7 Å². The fourth-order valence-electron chi connectivity index (χ4n) is 3.09. The van der Waals surface area contributed by atoms with Gasteiger partial charge in [-0.05, 0) is 23.6 Å². The number of hydrogen-bond acceptors (Lipinski definition) is 3. The van der Waals surface area contributed by atoms with E-state index >= 15 is 0 Å². The first-order valence-electron chi connectivity index (χ1n) is 8.91. The van der Waals surface area contributed by atoms with E-state index in [1.807, 2.05) is 24.3 Å². The fourth-order valence-corrected chi connectivity index (χ4v) is 3.09. The van der Waals surface area contributed by atoms with Crippen LogP contribution in [0.25, 0.3) is 0 Å². The molecule has 0 saturated heterocycles. The molecule has 134 valence electrons. The molecule has 3 heteroatoms. The zero-order valence-electron chi connectivity index (χ0n) is 15.1. The summed E-state index contributed by atoms with van der Waals surface area (Å²) in [6.45, 7) is 2.42. The molecule has 0 aliphatic carbocycles. The average Bonchev–Trinajstić information content (AvgIpc) is 2.69. The number of methoxy groups -OCH3 is 1. The first kappa shape index (κ1) is 18.0. The van der Waals surface area contributed by atoms with Crippen molar-refractivity contribution in [2.24, 2.45) is 0 Å². The summed E-state index contributed by atoms with van der Waals surface area (Å²) in [5.74, 6) is 0.748. The maximum Gasteiger partial charge on any atom is 0.162 e. The van der Waals surface area contributed by atoms with Gasteiger partial charge in [0.25, 0.3) is 0 Å². The largest absolute Gasteiger partial charge is 0.504 e. The quantitative estimate of drug-likeness (QED) is 0.644. The third kappa shape index (κ3) is 4.87. The standard InChI is InChI=1S/C23H25NO2/c1-26-22-14-8-13-21(23(22)25)18-24(17-20-11-6-3-7-12-20)16-15-19-9-4-2-5-10-19/h2-14,25H,15-18H2,1H3. The Morgan fingerprint density at radius 1 is 0.769 bits per heavy atom. The first-order chi connectivity index (χ1) is 12.8. The minimum atomic E-state index is 0.229. The maximum absolute atomic E-state index is 10.4. The van der Waals surface area contributed by atoms with Crippen molar-refractivity contribution in [2.75, 3.05) is 13.7 Å². The lowest BCUT2D eigenvalue weighted by atomic mass is 10.1. The van der Waals surface area contributed by atoms with Gasteiger partial charge in [-0.3, -0.25) is 4.90 Å². The van der Waals surface area contributed by atoms with Crippen LogP contribution in [0.3, 0.4) is 0 Å². The molecular formula is C23H25NO2. The number of benzene rings is 3. The number of hydrogen-bond donors (Lipinski definition) is 1. The highest BCUT2D eigenvalue weighted by Gasteiger charge is 2.13. The Hall–Kier alpha value is -2.78. The van der Waals surface area contributed by atoms with Crippen molar-refractivity contribution < 1.29 is 9.84 Å². The molecule has 0 fully saturated rings. The fraction of sp³-hybridized carbons (Fsp3) is 0.217. The van der Waals surface area contributed by atoms with Crippen LogP contribution >= 0.6 is 0 Å². The summed E-state index contributed by atoms with van der Waals surface area (Å²) in [4.78, 5) is 2.36. The van der Waals surface area contributed by atoms with E-state index in [1.54, 1.807) is 13.2 Å². The zero-order valence-corrected chi connectivity index (χ0v) is 15.1. The van der Waals surface area contributed by atoms with Gasteiger partial charge in [-0.2, -0.15) is 0 Å². The Labute approximate surface area is 155 Å². The minimum Gasteiger partial charge on any atom is -0.504 e. The van der Waals surface area contributed by atoms with Gasteiger partial charge in [0.05, 0.1) is 7.11 Å². The summed E-state index contributed by atoms with van der Waals surface area (Å²) in [6.07, 6.45) is 0.971. The highest BCUT2D eigenvalue weighted by atomic mass is 16.5. The van der Waals surface area contributed by atoms with Crippen LogP contribution in [0.15, 0.2) is 78.9 Å². The number of ether oxygens (including phenoxy) is 1. The molecule has 0 aliphatic rings. The predicted molar refractivity (Wildman–Crippen MR) is 105 cm³/mol. The van der Waals surface area contributed by atoms with Crippen LogP contribution in [0.5, 0.6) is 11.5 Å². The Morgan fingerprint density at radius 3 is 2.08 bits per heavy atom. The number of para-hydroxylation sites is 1. The van der Waals surface area contributed by atoms with Crippen molar-refractivity contribution in [2.45, 2.75) is 19.5 Å². The number of rotatable bonds is 8. The van der Waals surface area contributed by atoms with Crippen molar-refractivity contribution in [3.05, 3.63) is 95.6 Å². The predicted octanol–water partition coefficient (Wildman–Crippen LogP) is 4.65. The van der Waals surface area contributed by atoms with Gasteiger partial charge in [0.15, 0.2) is 11.5 Å². The minimum absolute atomic E-state index is 0.229. The van der Waals surface area contributed by atoms with Crippen LogP contribution in [-0.2, 0) is 19.5 Å². The van der Waals surface area contributed by atoms with E-state index in [-0.39, 0.29) is 5.75 Å². The molecule has 0 radical (unpaired) electrons. The second kappa shape index (κ2) is 9.07. The molecule has 3 rings (SSSR count). The monoisotopic (exact) mass is 347 g/mol. The van der Waals surface area contributed by atoms with Crippen LogP contribution in [-0.4, -0.2) is 23.7 Å². The lowest BCUT2D eigenvalue weighted by Crippen LogP contribution is -2.25. The van der Waals surface area contributed by atoms with Crippen molar-refractivity contribution in [3.8, 4) is 11.5 Å². The van der Waals surface area contributed by atoms with Gasteiger partial charge >= 0.3 is 0 Å². The van der Waals surface area contributed by atoms with Crippen LogP contribution in [0.2, 0.25) is 0 Å². The summed E-state index contributed by atoms with van der Waals surface area (Å²) in [5, 5.41) is 10.4. The van der Waals surface area contributed by atoms with E-state index in [9.17, 15) is 5.11 Å². The Balaban J connectivity index is 1.76. The van der Waals surface area contributed by atoms with Crippen LogP contribution in [0, 0.1) is 0 Å². The molecule has 26 heavy (non-hydrogen) atoms. The van der Waals surface area contributed by atoms with Crippen molar-refractivity contribution >= 4 is 0 Å². The van der Waals surface area contributed by atoms with Crippen molar-refractivity contribution in [3.63, 3.8) is 0 Å². The van der Waals surface area contributed by atoms with E-state index in [1.165, 1.54) is 11.1 Å². The lowest BCUT2D eigenvalue weighted by Gasteiger charge is -2.23. The van der Waals surface area contributed by atoms with Gasteiger partial charge in [-0.15, -0.1) is 0 Å². The Morgan fingerprint density at radius 2 is 1.42 bits per heavy atom. The number of aromatic hydroxyl groups is 1. The molecule has 0 saturated carbocycles. The maximum atomic E-state index is 10.4. The highest BCUT2D eigenvalue weighted by molar-refractivity contribution is 5.45. The van der Waals surface area contributed by atoms with Gasteiger partial charge < -0.3 is 9.84 Å². The molecule has 0 aliphatic heterocycles. The van der Waals surface area contributed by atoms with E-state index in [4.69, 9.17) is 4.74 Å².